The quantitative estimate of drug-likeness (QED) is 0.406. The van der Waals surface area contributed by atoms with Crippen molar-refractivity contribution in [1.82, 2.24) is 10.2 Å². The highest BCUT2D eigenvalue weighted by Crippen LogP contribution is 2.26. The third-order valence-electron chi connectivity index (χ3n) is 6.67. The van der Waals surface area contributed by atoms with Crippen molar-refractivity contribution in [3.8, 4) is 0 Å². The molecular weight excluding hydrogens is 486 g/mol. The molecule has 0 aromatic heterocycles. The molecule has 0 aliphatic carbocycles. The van der Waals surface area contributed by atoms with Crippen LogP contribution in [0, 0.1) is 26.7 Å². The van der Waals surface area contributed by atoms with E-state index >= 15 is 0 Å². The van der Waals surface area contributed by atoms with Crippen LogP contribution >= 0.6 is 0 Å². The molecule has 0 saturated heterocycles. The van der Waals surface area contributed by atoms with Gasteiger partial charge in [-0.05, 0) is 67.9 Å². The molecule has 1 N–H and O–H groups in total. The Bertz CT molecular complexity index is 1180. The van der Waals surface area contributed by atoms with Crippen LogP contribution in [0.25, 0.3) is 0 Å². The molecule has 0 spiro atoms. The number of carbonyl (C=O) groups is 2. The Morgan fingerprint density at radius 2 is 1.62 bits per heavy atom. The van der Waals surface area contributed by atoms with Gasteiger partial charge in [0, 0.05) is 26.1 Å². The van der Waals surface area contributed by atoms with Crippen LogP contribution in [-0.4, -0.2) is 50.5 Å². The highest BCUT2D eigenvalue weighted by Gasteiger charge is 2.29. The molecule has 2 amide bonds. The number of anilines is 1. The van der Waals surface area contributed by atoms with Gasteiger partial charge in [-0.2, -0.15) is 0 Å². The lowest BCUT2D eigenvalue weighted by molar-refractivity contribution is -0.141. The van der Waals surface area contributed by atoms with Gasteiger partial charge in [0.15, 0.2) is 0 Å². The second-order valence-corrected chi connectivity index (χ2v) is 12.1. The Balaban J connectivity index is 2.26. The van der Waals surface area contributed by atoms with Crippen LogP contribution in [0.4, 0.5) is 5.69 Å². The monoisotopic (exact) mass is 529 g/mol. The van der Waals surface area contributed by atoms with Crippen LogP contribution in [0.5, 0.6) is 0 Å². The minimum Gasteiger partial charge on any atom is -0.354 e. The summed E-state index contributed by atoms with van der Waals surface area (Å²) in [5, 5.41) is 2.98. The fourth-order valence-electron chi connectivity index (χ4n) is 4.30. The molecular formula is C29H43N3O4S. The van der Waals surface area contributed by atoms with Crippen molar-refractivity contribution in [1.29, 1.82) is 0 Å². The zero-order valence-corrected chi connectivity index (χ0v) is 24.2. The van der Waals surface area contributed by atoms with Crippen molar-refractivity contribution in [3.63, 3.8) is 0 Å². The summed E-state index contributed by atoms with van der Waals surface area (Å²) in [5.74, 6) is -0.0236. The molecule has 0 radical (unpaired) electrons. The fourth-order valence-corrected chi connectivity index (χ4v) is 5.32. The van der Waals surface area contributed by atoms with Crippen LogP contribution in [0.1, 0.15) is 62.3 Å². The summed E-state index contributed by atoms with van der Waals surface area (Å²) >= 11 is 0. The summed E-state index contributed by atoms with van der Waals surface area (Å²) in [4.78, 5) is 28.3. The van der Waals surface area contributed by atoms with Gasteiger partial charge in [-0.15, -0.1) is 0 Å². The molecule has 37 heavy (non-hydrogen) atoms. The summed E-state index contributed by atoms with van der Waals surface area (Å²) in [5.41, 5.74) is 4.57. The maximum Gasteiger partial charge on any atom is 0.242 e. The van der Waals surface area contributed by atoms with Crippen LogP contribution in [0.2, 0.25) is 0 Å². The third-order valence-corrected chi connectivity index (χ3v) is 7.85. The van der Waals surface area contributed by atoms with Gasteiger partial charge >= 0.3 is 0 Å². The first-order chi connectivity index (χ1) is 17.4. The van der Waals surface area contributed by atoms with Crippen molar-refractivity contribution in [2.24, 2.45) is 5.92 Å². The van der Waals surface area contributed by atoms with Crippen molar-refractivity contribution in [2.45, 2.75) is 73.4 Å². The summed E-state index contributed by atoms with van der Waals surface area (Å²) < 4.78 is 26.6. The molecule has 1 atom stereocenters. The highest BCUT2D eigenvalue weighted by molar-refractivity contribution is 7.92. The fraction of sp³-hybridized carbons (Fsp3) is 0.517. The van der Waals surface area contributed by atoms with Gasteiger partial charge in [0.05, 0.1) is 11.9 Å². The molecule has 0 heterocycles. The molecule has 0 aliphatic heterocycles. The third kappa shape index (κ3) is 8.59. The van der Waals surface area contributed by atoms with Gasteiger partial charge < -0.3 is 10.2 Å². The van der Waals surface area contributed by atoms with Crippen molar-refractivity contribution < 1.29 is 18.0 Å². The lowest BCUT2D eigenvalue weighted by Gasteiger charge is -2.32. The van der Waals surface area contributed by atoms with E-state index in [0.717, 1.165) is 22.3 Å². The molecule has 2 aromatic carbocycles. The highest BCUT2D eigenvalue weighted by atomic mass is 32.2. The number of nitrogens with one attached hydrogen (secondary N) is 1. The van der Waals surface area contributed by atoms with E-state index in [0.29, 0.717) is 37.5 Å². The summed E-state index contributed by atoms with van der Waals surface area (Å²) in [6, 6.07) is 12.8. The number of amides is 2. The Morgan fingerprint density at radius 3 is 2.22 bits per heavy atom. The second kappa shape index (κ2) is 13.6. The normalized spacial score (nSPS) is 12.3. The average Bonchev–Trinajstić information content (AvgIpc) is 2.82. The van der Waals surface area contributed by atoms with Gasteiger partial charge in [0.1, 0.15) is 6.04 Å². The van der Waals surface area contributed by atoms with Crippen molar-refractivity contribution in [2.75, 3.05) is 23.7 Å². The smallest absolute Gasteiger partial charge is 0.242 e. The Morgan fingerprint density at radius 1 is 0.973 bits per heavy atom. The predicted molar refractivity (Wildman–Crippen MR) is 151 cm³/mol. The maximum atomic E-state index is 13.6. The largest absolute Gasteiger partial charge is 0.354 e. The standard InChI is InChI=1S/C29H43N3O4S/c1-8-26(29(34)30-19-21(2)3)31(20-25-15-10-9-13-23(25)5)28(33)17-12-18-32(37(7,35)36)27-16-11-14-22(4)24(27)6/h9-11,13-16,21,26H,8,12,17-20H2,1-7H3,(H,30,34)/t26-/m0/s1. The number of sulfonamides is 1. The van der Waals surface area contributed by atoms with Gasteiger partial charge in [-0.3, -0.25) is 13.9 Å². The topological polar surface area (TPSA) is 86.8 Å². The van der Waals surface area contributed by atoms with E-state index in [-0.39, 0.29) is 24.8 Å². The number of nitrogens with zero attached hydrogens (tertiary/aromatic N) is 2. The molecule has 0 saturated carbocycles. The summed E-state index contributed by atoms with van der Waals surface area (Å²) in [6.45, 7) is 12.9. The molecule has 204 valence electrons. The molecule has 2 aromatic rings. The van der Waals surface area contributed by atoms with E-state index < -0.39 is 16.1 Å². The SMILES string of the molecule is CC[C@@H](C(=O)NCC(C)C)N(Cc1ccccc1C)C(=O)CCCN(c1cccc(C)c1C)S(C)(=O)=O. The first-order valence-electron chi connectivity index (χ1n) is 13.0. The van der Waals surface area contributed by atoms with E-state index in [9.17, 15) is 18.0 Å². The van der Waals surface area contributed by atoms with Gasteiger partial charge in [-0.1, -0.05) is 57.2 Å². The predicted octanol–water partition coefficient (Wildman–Crippen LogP) is 4.74. The van der Waals surface area contributed by atoms with Gasteiger partial charge in [0.25, 0.3) is 0 Å². The lowest BCUT2D eigenvalue weighted by Crippen LogP contribution is -2.49. The number of aryl methyl sites for hydroxylation is 2. The van der Waals surface area contributed by atoms with Crippen LogP contribution in [0.15, 0.2) is 42.5 Å². The zero-order valence-electron chi connectivity index (χ0n) is 23.4. The molecule has 0 bridgehead atoms. The lowest BCUT2D eigenvalue weighted by atomic mass is 10.0. The molecule has 0 unspecified atom stereocenters. The minimum atomic E-state index is -3.54. The minimum absolute atomic E-state index is 0.136. The van der Waals surface area contributed by atoms with E-state index in [1.54, 1.807) is 11.0 Å². The van der Waals surface area contributed by atoms with Gasteiger partial charge in [0.2, 0.25) is 21.8 Å². The number of hydrogen-bond acceptors (Lipinski definition) is 4. The van der Waals surface area contributed by atoms with Crippen LogP contribution in [0.3, 0.4) is 0 Å². The van der Waals surface area contributed by atoms with E-state index in [2.05, 4.69) is 5.32 Å². The first-order valence-corrected chi connectivity index (χ1v) is 14.9. The average molecular weight is 530 g/mol. The van der Waals surface area contributed by atoms with Crippen molar-refractivity contribution >= 4 is 27.5 Å². The van der Waals surface area contributed by atoms with E-state index in [1.807, 2.05) is 77.9 Å². The van der Waals surface area contributed by atoms with Crippen LogP contribution in [-0.2, 0) is 26.2 Å². The van der Waals surface area contributed by atoms with E-state index in [1.165, 1.54) is 10.6 Å². The molecule has 2 rings (SSSR count). The Kier molecular flexibility index (Phi) is 11.2. The van der Waals surface area contributed by atoms with Gasteiger partial charge in [-0.25, -0.2) is 8.42 Å². The number of carbonyl (C=O) groups excluding carboxylic acids is 2. The molecule has 8 heteroatoms. The molecule has 7 nitrogen and oxygen atoms in total. The number of rotatable bonds is 13. The Hall–Kier alpha value is -2.87. The first kappa shape index (κ1) is 30.4. The number of benzene rings is 2. The second-order valence-electron chi connectivity index (χ2n) is 10.2. The Labute approximate surface area is 223 Å². The summed E-state index contributed by atoms with van der Waals surface area (Å²) in [6.07, 6.45) is 2.15. The van der Waals surface area contributed by atoms with Crippen LogP contribution < -0.4 is 9.62 Å². The molecule has 0 aliphatic rings. The number of hydrogen-bond donors (Lipinski definition) is 1. The molecule has 0 fully saturated rings. The summed E-state index contributed by atoms with van der Waals surface area (Å²) in [7, 11) is -3.54. The maximum absolute atomic E-state index is 13.6. The zero-order chi connectivity index (χ0) is 27.8. The van der Waals surface area contributed by atoms with Crippen molar-refractivity contribution in [3.05, 3.63) is 64.7 Å². The van der Waals surface area contributed by atoms with E-state index in [4.69, 9.17) is 0 Å².